The first kappa shape index (κ1) is 9.58. The van der Waals surface area contributed by atoms with E-state index >= 15 is 0 Å². The van der Waals surface area contributed by atoms with Crippen LogP contribution in [0.5, 0.6) is 0 Å². The molecule has 0 saturated heterocycles. The van der Waals surface area contributed by atoms with Gasteiger partial charge in [0.15, 0.2) is 0 Å². The minimum atomic E-state index is -0.00694. The van der Waals surface area contributed by atoms with E-state index in [1.807, 2.05) is 12.1 Å². The summed E-state index contributed by atoms with van der Waals surface area (Å²) < 4.78 is 0. The van der Waals surface area contributed by atoms with E-state index in [1.165, 1.54) is 25.7 Å². The number of nitrogens with one attached hydrogen (secondary N) is 1. The minimum Gasteiger partial charge on any atom is -0.325 e. The van der Waals surface area contributed by atoms with E-state index in [9.17, 15) is 4.79 Å². The molecule has 3 nitrogen and oxygen atoms in total. The van der Waals surface area contributed by atoms with Crippen LogP contribution in [0.1, 0.15) is 37.3 Å². The standard InChI is InChI=1S/C13H14N2O/c16-13-10-6-3-7-14-12(10)8-11(15-13)9-4-1-2-5-9/h3,6-9H,1-2,4-5H2,(H,15,16). The molecule has 2 aromatic heterocycles. The number of aromatic amines is 1. The highest BCUT2D eigenvalue weighted by Crippen LogP contribution is 2.32. The van der Waals surface area contributed by atoms with Gasteiger partial charge in [0.05, 0.1) is 10.9 Å². The van der Waals surface area contributed by atoms with Crippen LogP contribution in [0.4, 0.5) is 0 Å². The number of rotatable bonds is 1. The van der Waals surface area contributed by atoms with E-state index in [0.29, 0.717) is 11.3 Å². The maximum absolute atomic E-state index is 11.9. The van der Waals surface area contributed by atoms with Gasteiger partial charge in [-0.05, 0) is 37.0 Å². The van der Waals surface area contributed by atoms with Crippen LogP contribution in [0.2, 0.25) is 0 Å². The van der Waals surface area contributed by atoms with Crippen LogP contribution in [-0.4, -0.2) is 9.97 Å². The molecule has 0 atom stereocenters. The lowest BCUT2D eigenvalue weighted by Crippen LogP contribution is -2.11. The molecule has 2 aromatic rings. The van der Waals surface area contributed by atoms with E-state index in [4.69, 9.17) is 0 Å². The van der Waals surface area contributed by atoms with Gasteiger partial charge in [0.1, 0.15) is 0 Å². The third-order valence-electron chi connectivity index (χ3n) is 3.43. The Labute approximate surface area is 93.5 Å². The summed E-state index contributed by atoms with van der Waals surface area (Å²) >= 11 is 0. The van der Waals surface area contributed by atoms with Gasteiger partial charge in [-0.15, -0.1) is 0 Å². The summed E-state index contributed by atoms with van der Waals surface area (Å²) in [6, 6.07) is 5.65. The molecule has 0 bridgehead atoms. The molecule has 0 radical (unpaired) electrons. The fraction of sp³-hybridized carbons (Fsp3) is 0.385. The van der Waals surface area contributed by atoms with Gasteiger partial charge in [0, 0.05) is 11.9 Å². The van der Waals surface area contributed by atoms with Crippen molar-refractivity contribution in [3.05, 3.63) is 40.4 Å². The number of H-pyrrole nitrogens is 1. The quantitative estimate of drug-likeness (QED) is 0.793. The molecule has 1 saturated carbocycles. The van der Waals surface area contributed by atoms with Gasteiger partial charge in [-0.1, -0.05) is 12.8 Å². The molecule has 1 fully saturated rings. The molecule has 3 rings (SSSR count). The van der Waals surface area contributed by atoms with Gasteiger partial charge in [-0.2, -0.15) is 0 Å². The number of hydrogen-bond donors (Lipinski definition) is 1. The summed E-state index contributed by atoms with van der Waals surface area (Å²) in [6.07, 6.45) is 6.66. The van der Waals surface area contributed by atoms with Crippen molar-refractivity contribution in [2.45, 2.75) is 31.6 Å². The molecule has 0 amide bonds. The highest BCUT2D eigenvalue weighted by molar-refractivity contribution is 5.77. The average molecular weight is 214 g/mol. The second-order valence-electron chi connectivity index (χ2n) is 4.47. The zero-order valence-corrected chi connectivity index (χ0v) is 9.07. The molecule has 1 aliphatic rings. The summed E-state index contributed by atoms with van der Waals surface area (Å²) in [6.45, 7) is 0. The van der Waals surface area contributed by atoms with Crippen LogP contribution < -0.4 is 5.56 Å². The first-order valence-corrected chi connectivity index (χ1v) is 5.82. The zero-order chi connectivity index (χ0) is 11.0. The maximum Gasteiger partial charge on any atom is 0.257 e. The summed E-state index contributed by atoms with van der Waals surface area (Å²) in [5, 5.41) is 0.684. The van der Waals surface area contributed by atoms with Crippen LogP contribution in [0.15, 0.2) is 29.2 Å². The Hall–Kier alpha value is -1.64. The molecule has 16 heavy (non-hydrogen) atoms. The summed E-state index contributed by atoms with van der Waals surface area (Å²) in [7, 11) is 0. The van der Waals surface area contributed by atoms with Crippen molar-refractivity contribution in [3.63, 3.8) is 0 Å². The highest BCUT2D eigenvalue weighted by Gasteiger charge is 2.18. The maximum atomic E-state index is 11.9. The summed E-state index contributed by atoms with van der Waals surface area (Å²) in [4.78, 5) is 19.1. The van der Waals surface area contributed by atoms with E-state index in [1.54, 1.807) is 12.3 Å². The van der Waals surface area contributed by atoms with Crippen LogP contribution >= 0.6 is 0 Å². The Balaban J connectivity index is 2.17. The minimum absolute atomic E-state index is 0.00694. The predicted molar refractivity (Wildman–Crippen MR) is 63.6 cm³/mol. The monoisotopic (exact) mass is 214 g/mol. The molecule has 0 aliphatic heterocycles. The largest absolute Gasteiger partial charge is 0.325 e. The number of fused-ring (bicyclic) bond motifs is 1. The average Bonchev–Trinajstić information content (AvgIpc) is 2.82. The molecule has 0 unspecified atom stereocenters. The van der Waals surface area contributed by atoms with Gasteiger partial charge in [0.2, 0.25) is 0 Å². The van der Waals surface area contributed by atoms with Crippen LogP contribution in [0.25, 0.3) is 10.9 Å². The van der Waals surface area contributed by atoms with Gasteiger partial charge in [-0.25, -0.2) is 0 Å². The number of pyridine rings is 2. The van der Waals surface area contributed by atoms with Crippen LogP contribution in [-0.2, 0) is 0 Å². The molecule has 0 aromatic carbocycles. The van der Waals surface area contributed by atoms with E-state index in [0.717, 1.165) is 11.2 Å². The molecule has 1 aliphatic carbocycles. The van der Waals surface area contributed by atoms with Crippen molar-refractivity contribution >= 4 is 10.9 Å². The molecule has 82 valence electrons. The SMILES string of the molecule is O=c1[nH]c(C2CCCC2)cc2ncccc12. The lowest BCUT2D eigenvalue weighted by atomic mass is 10.0. The fourth-order valence-corrected chi connectivity index (χ4v) is 2.56. The van der Waals surface area contributed by atoms with Gasteiger partial charge in [0.25, 0.3) is 5.56 Å². The number of nitrogens with zero attached hydrogens (tertiary/aromatic N) is 1. The predicted octanol–water partition coefficient (Wildman–Crippen LogP) is 2.58. The Morgan fingerprint density at radius 1 is 1.31 bits per heavy atom. The lowest BCUT2D eigenvalue weighted by molar-refractivity contribution is 0.696. The smallest absolute Gasteiger partial charge is 0.257 e. The van der Waals surface area contributed by atoms with Crippen molar-refractivity contribution < 1.29 is 0 Å². The Morgan fingerprint density at radius 2 is 2.12 bits per heavy atom. The van der Waals surface area contributed by atoms with Gasteiger partial charge >= 0.3 is 0 Å². The van der Waals surface area contributed by atoms with E-state index in [2.05, 4.69) is 9.97 Å². The molecule has 2 heterocycles. The third-order valence-corrected chi connectivity index (χ3v) is 3.43. The third kappa shape index (κ3) is 1.52. The van der Waals surface area contributed by atoms with Crippen molar-refractivity contribution in [2.24, 2.45) is 0 Å². The first-order chi connectivity index (χ1) is 7.84. The van der Waals surface area contributed by atoms with Crippen molar-refractivity contribution in [1.29, 1.82) is 0 Å². The Kier molecular flexibility index (Phi) is 2.24. The topological polar surface area (TPSA) is 45.8 Å². The number of aromatic nitrogens is 2. The number of hydrogen-bond acceptors (Lipinski definition) is 2. The van der Waals surface area contributed by atoms with Gasteiger partial charge in [-0.3, -0.25) is 9.78 Å². The zero-order valence-electron chi connectivity index (χ0n) is 9.07. The molecule has 1 N–H and O–H groups in total. The summed E-state index contributed by atoms with van der Waals surface area (Å²) in [5.41, 5.74) is 1.87. The molecule has 3 heteroatoms. The van der Waals surface area contributed by atoms with Crippen LogP contribution in [0.3, 0.4) is 0 Å². The molecular formula is C13H14N2O. The molecule has 0 spiro atoms. The van der Waals surface area contributed by atoms with Crippen molar-refractivity contribution in [1.82, 2.24) is 9.97 Å². The van der Waals surface area contributed by atoms with E-state index in [-0.39, 0.29) is 5.56 Å². The Morgan fingerprint density at radius 3 is 2.94 bits per heavy atom. The van der Waals surface area contributed by atoms with Crippen LogP contribution in [0, 0.1) is 0 Å². The first-order valence-electron chi connectivity index (χ1n) is 5.82. The second kappa shape index (κ2) is 3.74. The highest BCUT2D eigenvalue weighted by atomic mass is 16.1. The normalized spacial score (nSPS) is 17.0. The lowest BCUT2D eigenvalue weighted by Gasteiger charge is -2.09. The van der Waals surface area contributed by atoms with Crippen molar-refractivity contribution in [3.8, 4) is 0 Å². The Bertz CT molecular complexity index is 567. The second-order valence-corrected chi connectivity index (χ2v) is 4.47. The van der Waals surface area contributed by atoms with Gasteiger partial charge < -0.3 is 4.98 Å². The fourth-order valence-electron chi connectivity index (χ4n) is 2.56. The summed E-state index contributed by atoms with van der Waals surface area (Å²) in [5.74, 6) is 0.527. The van der Waals surface area contributed by atoms with Crippen molar-refractivity contribution in [2.75, 3.05) is 0 Å². The van der Waals surface area contributed by atoms with E-state index < -0.39 is 0 Å². The molecular weight excluding hydrogens is 200 g/mol.